The van der Waals surface area contributed by atoms with Crippen molar-refractivity contribution in [3.05, 3.63) is 0 Å². The van der Waals surface area contributed by atoms with Crippen LogP contribution in [0.25, 0.3) is 0 Å². The minimum Gasteiger partial charge on any atom is -0.306 e. The second-order valence-corrected chi connectivity index (χ2v) is 6.49. The van der Waals surface area contributed by atoms with E-state index in [2.05, 4.69) is 6.92 Å². The van der Waals surface area contributed by atoms with Gasteiger partial charge in [-0.05, 0) is 20.8 Å². The summed E-state index contributed by atoms with van der Waals surface area (Å²) in [5, 5.41) is -0.974. The zero-order chi connectivity index (χ0) is 11.0. The summed E-state index contributed by atoms with van der Waals surface area (Å²) in [6.45, 7) is 6.00. The molecule has 0 aliphatic carbocycles. The summed E-state index contributed by atoms with van der Waals surface area (Å²) in [4.78, 5) is 12.1. The third-order valence-electron chi connectivity index (χ3n) is 2.69. The Balaban J connectivity index is 3.08. The van der Waals surface area contributed by atoms with Crippen LogP contribution < -0.4 is 0 Å². The fourth-order valence-corrected chi connectivity index (χ4v) is 4.72. The Bertz CT molecular complexity index is 234. The predicted octanol–water partition coefficient (Wildman–Crippen LogP) is 1.18. The molecule has 0 spiro atoms. The minimum absolute atomic E-state index is 0.0835. The molecule has 0 aromatic heterocycles. The van der Waals surface area contributed by atoms with Crippen molar-refractivity contribution in [1.82, 2.24) is 0 Å². The molecule has 0 bridgehead atoms. The molecule has 1 fully saturated rings. The molecule has 0 aromatic rings. The van der Waals surface area contributed by atoms with E-state index in [-0.39, 0.29) is 22.1 Å². The second kappa shape index (κ2) is 3.83. The molecule has 0 N–H and O–H groups in total. The van der Waals surface area contributed by atoms with Gasteiger partial charge in [-0.3, -0.25) is 4.79 Å². The van der Waals surface area contributed by atoms with E-state index in [9.17, 15) is 4.79 Å². The van der Waals surface area contributed by atoms with Gasteiger partial charge in [0.25, 0.3) is 5.78 Å². The molecule has 82 valence electrons. The average molecular weight is 219 g/mol. The van der Waals surface area contributed by atoms with Gasteiger partial charge in [-0.1, -0.05) is 0 Å². The van der Waals surface area contributed by atoms with E-state index < -0.39 is 5.12 Å². The quantitative estimate of drug-likeness (QED) is 0.528. The van der Waals surface area contributed by atoms with Crippen LogP contribution in [0.5, 0.6) is 0 Å². The molecule has 3 nitrogen and oxygen atoms in total. The van der Waals surface area contributed by atoms with Crippen molar-refractivity contribution in [1.29, 1.82) is 0 Å². The normalized spacial score (nSPS) is 29.5. The lowest BCUT2D eigenvalue weighted by Crippen LogP contribution is -2.47. The predicted molar refractivity (Wildman–Crippen MR) is 58.3 cm³/mol. The van der Waals surface area contributed by atoms with Crippen LogP contribution in [0.1, 0.15) is 20.8 Å². The molecule has 14 heavy (non-hydrogen) atoms. The van der Waals surface area contributed by atoms with E-state index in [1.54, 1.807) is 14.2 Å². The first kappa shape index (κ1) is 12.0. The van der Waals surface area contributed by atoms with Crippen LogP contribution in [-0.4, -0.2) is 36.6 Å². The molecule has 1 atom stereocenters. The van der Waals surface area contributed by atoms with Gasteiger partial charge < -0.3 is 9.47 Å². The van der Waals surface area contributed by atoms with Crippen LogP contribution in [0.3, 0.4) is 0 Å². The molecular weight excluding hydrogens is 200 g/mol. The van der Waals surface area contributed by atoms with Gasteiger partial charge in [0, 0.05) is 14.2 Å². The van der Waals surface area contributed by atoms with Crippen molar-refractivity contribution in [2.75, 3.05) is 25.7 Å². The molecule has 1 rings (SSSR count). The fourth-order valence-electron chi connectivity index (χ4n) is 1.94. The van der Waals surface area contributed by atoms with Crippen LogP contribution in [-0.2, 0) is 25.2 Å². The van der Waals surface area contributed by atoms with Gasteiger partial charge in [-0.25, -0.2) is 0 Å². The Morgan fingerprint density at radius 3 is 2.14 bits per heavy atom. The van der Waals surface area contributed by atoms with Crippen molar-refractivity contribution in [2.45, 2.75) is 25.9 Å². The van der Waals surface area contributed by atoms with E-state index in [0.29, 0.717) is 0 Å². The number of Topliss-reactive ketones (excluding diaryl/α,β-unsaturated/α-hetero) is 1. The Morgan fingerprint density at radius 2 is 1.86 bits per heavy atom. The summed E-state index contributed by atoms with van der Waals surface area (Å²) >= 11 is 0. The highest BCUT2D eigenvalue weighted by Crippen LogP contribution is 2.42. The summed E-state index contributed by atoms with van der Waals surface area (Å²) in [5.41, 5.74) is -0.314. The first-order chi connectivity index (χ1) is 6.44. The summed E-state index contributed by atoms with van der Waals surface area (Å²) in [5.74, 6) is 1.88. The Labute approximate surface area is 88.5 Å². The smallest absolute Gasteiger partial charge is 0.306 e. The Hall–Kier alpha value is -0.0600. The molecule has 1 aliphatic heterocycles. The number of hydrogen-bond acceptors (Lipinski definition) is 3. The second-order valence-electron chi connectivity index (χ2n) is 4.10. The largest absolute Gasteiger partial charge is 0.402 e. The number of rotatable bonds is 3. The summed E-state index contributed by atoms with van der Waals surface area (Å²) in [6.07, 6.45) is 0. The van der Waals surface area contributed by atoms with Gasteiger partial charge in [-0.2, -0.15) is 0 Å². The monoisotopic (exact) mass is 219 g/mol. The molecule has 0 radical (unpaired) electrons. The van der Waals surface area contributed by atoms with Gasteiger partial charge in [0.05, 0.1) is 16.3 Å². The van der Waals surface area contributed by atoms with E-state index in [0.717, 1.165) is 11.5 Å². The lowest BCUT2D eigenvalue weighted by atomic mass is 9.90. The van der Waals surface area contributed by atoms with E-state index in [4.69, 9.17) is 9.47 Å². The number of ketones is 1. The van der Waals surface area contributed by atoms with Crippen molar-refractivity contribution >= 4 is 16.7 Å². The maximum absolute atomic E-state index is 12.1. The summed E-state index contributed by atoms with van der Waals surface area (Å²) < 4.78 is 10.7. The van der Waals surface area contributed by atoms with E-state index in [1.165, 1.54) is 0 Å². The van der Waals surface area contributed by atoms with Gasteiger partial charge in [0.15, 0.2) is 0 Å². The molecule has 4 heteroatoms. The third kappa shape index (κ3) is 1.49. The van der Waals surface area contributed by atoms with Crippen LogP contribution in [0, 0.1) is 5.41 Å². The molecule has 1 saturated heterocycles. The molecule has 0 aromatic carbocycles. The maximum Gasteiger partial charge on any atom is 0.402 e. The summed E-state index contributed by atoms with van der Waals surface area (Å²) in [7, 11) is 2.98. The first-order valence-electron chi connectivity index (χ1n) is 4.77. The average Bonchev–Trinajstić information content (AvgIpc) is 2.36. The molecule has 0 saturated carbocycles. The van der Waals surface area contributed by atoms with Crippen LogP contribution in [0.2, 0.25) is 0 Å². The van der Waals surface area contributed by atoms with Gasteiger partial charge in [0.2, 0.25) is 0 Å². The van der Waals surface area contributed by atoms with Gasteiger partial charge >= 0.3 is 5.12 Å². The number of methoxy groups -OCH3 is 2. The standard InChI is InChI=1S/C10H19O3S/c1-6-14-7-9(2,3)8(11)10(14,12-4)13-5/h6-7H2,1-5H3/q+1. The van der Waals surface area contributed by atoms with Crippen LogP contribution in [0.15, 0.2) is 0 Å². The molecular formula is C10H19O3S+. The number of carbonyl (C=O) groups excluding carboxylic acids is 1. The Kier molecular flexibility index (Phi) is 3.29. The zero-order valence-corrected chi connectivity index (χ0v) is 10.4. The minimum atomic E-state index is -0.974. The summed E-state index contributed by atoms with van der Waals surface area (Å²) in [6, 6.07) is 0. The molecule has 1 aliphatic rings. The van der Waals surface area contributed by atoms with Crippen LogP contribution in [0.4, 0.5) is 0 Å². The van der Waals surface area contributed by atoms with Gasteiger partial charge in [-0.15, -0.1) is 0 Å². The van der Waals surface area contributed by atoms with Crippen molar-refractivity contribution in [3.8, 4) is 0 Å². The van der Waals surface area contributed by atoms with Gasteiger partial charge in [0.1, 0.15) is 11.5 Å². The third-order valence-corrected chi connectivity index (χ3v) is 5.74. The highest BCUT2D eigenvalue weighted by atomic mass is 32.2. The van der Waals surface area contributed by atoms with Crippen molar-refractivity contribution < 1.29 is 14.3 Å². The Morgan fingerprint density at radius 1 is 1.36 bits per heavy atom. The molecule has 1 heterocycles. The lowest BCUT2D eigenvalue weighted by molar-refractivity contribution is -0.173. The SMILES string of the molecule is CC[S+]1CC(C)(C)C(=O)C1(OC)OC. The molecule has 0 amide bonds. The lowest BCUT2D eigenvalue weighted by Gasteiger charge is -2.22. The van der Waals surface area contributed by atoms with Crippen molar-refractivity contribution in [2.24, 2.45) is 5.41 Å². The topological polar surface area (TPSA) is 35.5 Å². The van der Waals surface area contributed by atoms with E-state index in [1.807, 2.05) is 13.8 Å². The van der Waals surface area contributed by atoms with E-state index >= 15 is 0 Å². The fraction of sp³-hybridized carbons (Fsp3) is 0.900. The highest BCUT2D eigenvalue weighted by molar-refractivity contribution is 7.99. The first-order valence-corrected chi connectivity index (χ1v) is 6.33. The highest BCUT2D eigenvalue weighted by Gasteiger charge is 2.68. The van der Waals surface area contributed by atoms with Crippen LogP contribution >= 0.6 is 0 Å². The van der Waals surface area contributed by atoms with Crippen molar-refractivity contribution in [3.63, 3.8) is 0 Å². The number of carbonyl (C=O) groups is 1. The zero-order valence-electron chi connectivity index (χ0n) is 9.55. The number of ether oxygens (including phenoxy) is 2. The molecule has 1 unspecified atom stereocenters. The maximum atomic E-state index is 12.1. The number of hydrogen-bond donors (Lipinski definition) is 0.